The predicted molar refractivity (Wildman–Crippen MR) is 72.7 cm³/mol. The van der Waals surface area contributed by atoms with Gasteiger partial charge in [-0.15, -0.1) is 0 Å². The molecule has 1 aromatic carbocycles. The van der Waals surface area contributed by atoms with Crippen molar-refractivity contribution in [3.63, 3.8) is 0 Å². The van der Waals surface area contributed by atoms with E-state index in [2.05, 4.69) is 10.3 Å². The summed E-state index contributed by atoms with van der Waals surface area (Å²) in [5, 5.41) is 12.4. The van der Waals surface area contributed by atoms with Crippen molar-refractivity contribution < 1.29 is 9.90 Å². The number of fused-ring (bicyclic) bond motifs is 1. The lowest BCUT2D eigenvalue weighted by Gasteiger charge is -2.06. The number of carbonyl (C=O) groups is 1. The van der Waals surface area contributed by atoms with Crippen molar-refractivity contribution in [2.24, 2.45) is 0 Å². The molecule has 5 nitrogen and oxygen atoms in total. The summed E-state index contributed by atoms with van der Waals surface area (Å²) < 4.78 is 0.899. The maximum atomic E-state index is 11.8. The third-order valence-corrected chi connectivity index (χ3v) is 3.36. The molecular weight excluding hydrogens is 250 g/mol. The van der Waals surface area contributed by atoms with Crippen molar-refractivity contribution in [2.45, 2.75) is 19.4 Å². The minimum absolute atomic E-state index is 0.149. The average molecular weight is 265 g/mol. The highest BCUT2D eigenvalue weighted by Crippen LogP contribution is 2.24. The van der Waals surface area contributed by atoms with E-state index in [1.165, 1.54) is 11.3 Å². The number of aliphatic hydroxyl groups excluding tert-OH is 1. The number of aromatic nitrogens is 1. The number of carbonyl (C=O) groups excluding carboxylic acids is 1. The van der Waals surface area contributed by atoms with Crippen LogP contribution in [0.4, 0.5) is 5.13 Å². The summed E-state index contributed by atoms with van der Waals surface area (Å²) in [7, 11) is 0. The van der Waals surface area contributed by atoms with Gasteiger partial charge in [-0.1, -0.05) is 11.3 Å². The molecule has 0 aliphatic rings. The van der Waals surface area contributed by atoms with Gasteiger partial charge in [-0.2, -0.15) is 0 Å². The molecule has 18 heavy (non-hydrogen) atoms. The molecule has 1 atom stereocenters. The Morgan fingerprint density at radius 2 is 2.39 bits per heavy atom. The fourth-order valence-corrected chi connectivity index (χ4v) is 2.35. The number of nitrogens with zero attached hydrogens (tertiary/aromatic N) is 1. The minimum Gasteiger partial charge on any atom is -0.393 e. The molecule has 0 radical (unpaired) electrons. The van der Waals surface area contributed by atoms with Gasteiger partial charge >= 0.3 is 0 Å². The van der Waals surface area contributed by atoms with E-state index in [9.17, 15) is 4.79 Å². The number of aliphatic hydroxyl groups is 1. The molecular formula is C12H15N3O2S. The minimum atomic E-state index is -0.408. The lowest BCUT2D eigenvalue weighted by Crippen LogP contribution is -2.26. The van der Waals surface area contributed by atoms with Gasteiger partial charge in [0.05, 0.1) is 16.3 Å². The summed E-state index contributed by atoms with van der Waals surface area (Å²) >= 11 is 1.36. The zero-order chi connectivity index (χ0) is 13.1. The number of nitrogen functional groups attached to an aromatic ring is 1. The summed E-state index contributed by atoms with van der Waals surface area (Å²) in [5.41, 5.74) is 6.99. The molecule has 0 aliphatic heterocycles. The third-order valence-electron chi connectivity index (χ3n) is 2.51. The number of amides is 1. The van der Waals surface area contributed by atoms with Crippen molar-refractivity contribution in [1.82, 2.24) is 10.3 Å². The second kappa shape index (κ2) is 5.32. The monoisotopic (exact) mass is 265 g/mol. The number of rotatable bonds is 4. The summed E-state index contributed by atoms with van der Waals surface area (Å²) in [5.74, 6) is -0.149. The Labute approximate surface area is 109 Å². The van der Waals surface area contributed by atoms with Gasteiger partial charge in [-0.25, -0.2) is 4.98 Å². The van der Waals surface area contributed by atoms with Crippen molar-refractivity contribution in [3.8, 4) is 0 Å². The van der Waals surface area contributed by atoms with Gasteiger partial charge in [0.25, 0.3) is 5.91 Å². The first-order valence-corrected chi connectivity index (χ1v) is 6.50. The first-order chi connectivity index (χ1) is 8.56. The Bertz CT molecular complexity index is 565. The molecule has 0 saturated carbocycles. The number of hydrogen-bond donors (Lipinski definition) is 3. The van der Waals surface area contributed by atoms with Gasteiger partial charge in [0.1, 0.15) is 0 Å². The van der Waals surface area contributed by atoms with Gasteiger partial charge in [-0.3, -0.25) is 4.79 Å². The molecule has 1 unspecified atom stereocenters. The van der Waals surface area contributed by atoms with E-state index in [4.69, 9.17) is 10.8 Å². The predicted octanol–water partition coefficient (Wildman–Crippen LogP) is 1.38. The molecule has 1 amide bonds. The smallest absolute Gasteiger partial charge is 0.251 e. The Hall–Kier alpha value is -1.66. The van der Waals surface area contributed by atoms with Crippen LogP contribution in [0.5, 0.6) is 0 Å². The fourth-order valence-electron chi connectivity index (χ4n) is 1.58. The van der Waals surface area contributed by atoms with E-state index >= 15 is 0 Å². The molecule has 0 aliphatic carbocycles. The van der Waals surface area contributed by atoms with Crippen molar-refractivity contribution in [1.29, 1.82) is 0 Å². The van der Waals surface area contributed by atoms with Gasteiger partial charge in [0, 0.05) is 12.1 Å². The quantitative estimate of drug-likeness (QED) is 0.779. The molecule has 4 N–H and O–H groups in total. The number of anilines is 1. The average Bonchev–Trinajstić information content (AvgIpc) is 2.67. The van der Waals surface area contributed by atoms with Gasteiger partial charge < -0.3 is 16.2 Å². The summed E-state index contributed by atoms with van der Waals surface area (Å²) in [6.45, 7) is 2.15. The highest BCUT2D eigenvalue weighted by Gasteiger charge is 2.08. The Morgan fingerprint density at radius 1 is 1.61 bits per heavy atom. The van der Waals surface area contributed by atoms with Crippen LogP contribution in [0, 0.1) is 0 Å². The first kappa shape index (κ1) is 12.8. The van der Waals surface area contributed by atoms with Crippen LogP contribution in [0.3, 0.4) is 0 Å². The van der Waals surface area contributed by atoms with Crippen LogP contribution >= 0.6 is 11.3 Å². The van der Waals surface area contributed by atoms with E-state index < -0.39 is 6.10 Å². The Morgan fingerprint density at radius 3 is 3.11 bits per heavy atom. The molecule has 96 valence electrons. The molecule has 6 heteroatoms. The van der Waals surface area contributed by atoms with Crippen LogP contribution in [-0.2, 0) is 0 Å². The maximum absolute atomic E-state index is 11.8. The van der Waals surface area contributed by atoms with Gasteiger partial charge in [-0.05, 0) is 31.5 Å². The summed E-state index contributed by atoms with van der Waals surface area (Å²) in [4.78, 5) is 16.0. The molecule has 0 saturated heterocycles. The van der Waals surface area contributed by atoms with Crippen LogP contribution in [-0.4, -0.2) is 28.6 Å². The van der Waals surface area contributed by atoms with Gasteiger partial charge in [0.15, 0.2) is 5.13 Å². The van der Waals surface area contributed by atoms with E-state index in [1.807, 2.05) is 0 Å². The van der Waals surface area contributed by atoms with Gasteiger partial charge in [0.2, 0.25) is 0 Å². The molecule has 2 aromatic rings. The highest BCUT2D eigenvalue weighted by molar-refractivity contribution is 7.22. The van der Waals surface area contributed by atoms with Crippen LogP contribution in [0.1, 0.15) is 23.7 Å². The normalized spacial score (nSPS) is 12.6. The molecule has 1 aromatic heterocycles. The topological polar surface area (TPSA) is 88.2 Å². The molecule has 0 bridgehead atoms. The van der Waals surface area contributed by atoms with E-state index in [0.717, 1.165) is 10.2 Å². The zero-order valence-electron chi connectivity index (χ0n) is 10.0. The number of nitrogens with one attached hydrogen (secondary N) is 1. The second-order valence-corrected chi connectivity index (χ2v) is 5.19. The summed E-state index contributed by atoms with van der Waals surface area (Å²) in [6, 6.07) is 5.28. The fraction of sp³-hybridized carbons (Fsp3) is 0.333. The molecule has 0 spiro atoms. The van der Waals surface area contributed by atoms with E-state index in [1.54, 1.807) is 25.1 Å². The van der Waals surface area contributed by atoms with Crippen LogP contribution < -0.4 is 11.1 Å². The summed E-state index contributed by atoms with van der Waals surface area (Å²) in [6.07, 6.45) is 0.135. The van der Waals surface area contributed by atoms with Crippen LogP contribution in [0.2, 0.25) is 0 Å². The first-order valence-electron chi connectivity index (χ1n) is 5.68. The third kappa shape index (κ3) is 2.96. The lowest BCUT2D eigenvalue weighted by atomic mass is 10.2. The zero-order valence-corrected chi connectivity index (χ0v) is 10.8. The van der Waals surface area contributed by atoms with Crippen LogP contribution in [0.25, 0.3) is 10.2 Å². The van der Waals surface area contributed by atoms with Crippen molar-refractivity contribution in [3.05, 3.63) is 23.8 Å². The second-order valence-electron chi connectivity index (χ2n) is 4.13. The van der Waals surface area contributed by atoms with Crippen LogP contribution in [0.15, 0.2) is 18.2 Å². The Balaban J connectivity index is 2.08. The van der Waals surface area contributed by atoms with Crippen molar-refractivity contribution >= 4 is 32.6 Å². The van der Waals surface area contributed by atoms with E-state index in [-0.39, 0.29) is 5.91 Å². The molecule has 2 rings (SSSR count). The largest absolute Gasteiger partial charge is 0.393 e. The standard InChI is InChI=1S/C12H15N3O2S/c1-7(16)4-5-14-11(17)8-2-3-9-10(6-8)18-12(13)15-9/h2-3,6-7,16H,4-5H2,1H3,(H2,13,15)(H,14,17). The molecule has 1 heterocycles. The SMILES string of the molecule is CC(O)CCNC(=O)c1ccc2nc(N)sc2c1. The Kier molecular flexibility index (Phi) is 3.78. The number of thiazole rings is 1. The lowest BCUT2D eigenvalue weighted by molar-refractivity contribution is 0.0945. The maximum Gasteiger partial charge on any atom is 0.251 e. The highest BCUT2D eigenvalue weighted by atomic mass is 32.1. The number of hydrogen-bond acceptors (Lipinski definition) is 5. The number of nitrogens with two attached hydrogens (primary N) is 1. The van der Waals surface area contributed by atoms with Crippen molar-refractivity contribution in [2.75, 3.05) is 12.3 Å². The number of benzene rings is 1. The van der Waals surface area contributed by atoms with E-state index in [0.29, 0.717) is 23.7 Å². The molecule has 0 fully saturated rings.